The first-order valence-electron chi connectivity index (χ1n) is 9.87. The quantitative estimate of drug-likeness (QED) is 0.498. The molecule has 0 aromatic heterocycles. The fourth-order valence-electron chi connectivity index (χ4n) is 3.40. The van der Waals surface area contributed by atoms with Crippen LogP contribution in [0.15, 0.2) is 59.1 Å². The number of imide groups is 1. The Hall–Kier alpha value is -3.20. The number of anilines is 1. The Balaban J connectivity index is 1.52. The van der Waals surface area contributed by atoms with Crippen LogP contribution in [0.5, 0.6) is 0 Å². The zero-order valence-electron chi connectivity index (χ0n) is 17.0. The number of nitrogens with zero attached hydrogens (tertiary/aromatic N) is 1. The first kappa shape index (κ1) is 22.5. The third kappa shape index (κ3) is 5.11. The highest BCUT2D eigenvalue weighted by atomic mass is 79.9. The van der Waals surface area contributed by atoms with E-state index in [1.165, 1.54) is 0 Å². The summed E-state index contributed by atoms with van der Waals surface area (Å²) >= 11 is 3.32. The Morgan fingerprint density at radius 2 is 1.71 bits per heavy atom. The van der Waals surface area contributed by atoms with Crippen LogP contribution in [0.1, 0.15) is 25.3 Å². The second-order valence-corrected chi connectivity index (χ2v) is 8.02. The van der Waals surface area contributed by atoms with Crippen LogP contribution < -0.4 is 16.0 Å². The normalized spacial score (nSPS) is 17.9. The minimum Gasteiger partial charge on any atom is -0.354 e. The van der Waals surface area contributed by atoms with Gasteiger partial charge in [0.2, 0.25) is 11.8 Å². The van der Waals surface area contributed by atoms with Crippen LogP contribution in [0, 0.1) is 0 Å². The van der Waals surface area contributed by atoms with Gasteiger partial charge in [-0.1, -0.05) is 53.2 Å². The summed E-state index contributed by atoms with van der Waals surface area (Å²) in [7, 11) is 0. The van der Waals surface area contributed by atoms with Crippen molar-refractivity contribution in [1.82, 2.24) is 15.5 Å². The van der Waals surface area contributed by atoms with Crippen molar-refractivity contribution >= 4 is 45.4 Å². The highest BCUT2D eigenvalue weighted by Crippen LogP contribution is 2.32. The molecular formula is C22H23BrN4O4. The summed E-state index contributed by atoms with van der Waals surface area (Å²) in [5, 5.41) is 8.04. The molecule has 0 bridgehead atoms. The summed E-state index contributed by atoms with van der Waals surface area (Å²) in [6.45, 7) is 1.48. The zero-order valence-corrected chi connectivity index (χ0v) is 18.6. The number of hydrogen-bond donors (Lipinski definition) is 3. The molecule has 0 saturated carbocycles. The van der Waals surface area contributed by atoms with E-state index in [1.54, 1.807) is 55.5 Å². The molecule has 0 aliphatic carbocycles. The van der Waals surface area contributed by atoms with Crippen molar-refractivity contribution in [2.75, 3.05) is 18.4 Å². The van der Waals surface area contributed by atoms with E-state index < -0.39 is 29.9 Å². The minimum absolute atomic E-state index is 0.0604. The molecule has 1 aliphatic rings. The Morgan fingerprint density at radius 3 is 2.35 bits per heavy atom. The van der Waals surface area contributed by atoms with Gasteiger partial charge in [-0.3, -0.25) is 19.3 Å². The fourth-order valence-corrected chi connectivity index (χ4v) is 3.67. The molecule has 1 saturated heterocycles. The topological polar surface area (TPSA) is 108 Å². The van der Waals surface area contributed by atoms with Crippen LogP contribution in [0.4, 0.5) is 10.5 Å². The summed E-state index contributed by atoms with van der Waals surface area (Å²) < 4.78 is 0.901. The number of halogens is 1. The van der Waals surface area contributed by atoms with E-state index in [4.69, 9.17) is 0 Å². The van der Waals surface area contributed by atoms with Crippen LogP contribution in [0.2, 0.25) is 0 Å². The largest absolute Gasteiger partial charge is 0.354 e. The van der Waals surface area contributed by atoms with Crippen molar-refractivity contribution in [2.45, 2.75) is 25.3 Å². The SMILES string of the molecule is CCC1(c2ccccc2)NC(=O)N(CC(=O)NCCC(=O)Nc2ccc(Br)cc2)C1=O. The molecule has 31 heavy (non-hydrogen) atoms. The Bertz CT molecular complexity index is 981. The van der Waals surface area contributed by atoms with Gasteiger partial charge in [0.15, 0.2) is 0 Å². The molecule has 5 amide bonds. The molecular weight excluding hydrogens is 464 g/mol. The second kappa shape index (κ2) is 9.74. The summed E-state index contributed by atoms with van der Waals surface area (Å²) in [5.41, 5.74) is 0.141. The number of rotatable bonds is 8. The van der Waals surface area contributed by atoms with Crippen molar-refractivity contribution < 1.29 is 19.2 Å². The highest BCUT2D eigenvalue weighted by Gasteiger charge is 2.51. The number of hydrogen-bond acceptors (Lipinski definition) is 4. The predicted molar refractivity (Wildman–Crippen MR) is 119 cm³/mol. The van der Waals surface area contributed by atoms with Gasteiger partial charge < -0.3 is 16.0 Å². The number of urea groups is 1. The van der Waals surface area contributed by atoms with E-state index in [-0.39, 0.29) is 18.9 Å². The van der Waals surface area contributed by atoms with Crippen molar-refractivity contribution in [1.29, 1.82) is 0 Å². The number of benzene rings is 2. The average molecular weight is 487 g/mol. The number of carbonyl (C=O) groups is 4. The maximum atomic E-state index is 13.0. The van der Waals surface area contributed by atoms with Crippen molar-refractivity contribution in [3.63, 3.8) is 0 Å². The second-order valence-electron chi connectivity index (χ2n) is 7.10. The molecule has 8 nitrogen and oxygen atoms in total. The van der Waals surface area contributed by atoms with Gasteiger partial charge in [0.25, 0.3) is 5.91 Å². The van der Waals surface area contributed by atoms with Crippen molar-refractivity contribution in [2.24, 2.45) is 0 Å². The van der Waals surface area contributed by atoms with Crippen LogP contribution in [-0.4, -0.2) is 41.7 Å². The standard InChI is InChI=1S/C22H23BrN4O4/c1-2-22(15-6-4-3-5-7-15)20(30)27(21(31)26-22)14-19(29)24-13-12-18(28)25-17-10-8-16(23)9-11-17/h3-11H,2,12-14H2,1H3,(H,24,29)(H,25,28)(H,26,31). The molecule has 2 aromatic rings. The van der Waals surface area contributed by atoms with Crippen LogP contribution in [0.25, 0.3) is 0 Å². The van der Waals surface area contributed by atoms with E-state index >= 15 is 0 Å². The van der Waals surface area contributed by atoms with Crippen LogP contribution in [-0.2, 0) is 19.9 Å². The molecule has 0 spiro atoms. The summed E-state index contributed by atoms with van der Waals surface area (Å²) in [6, 6.07) is 15.5. The molecule has 2 aromatic carbocycles. The van der Waals surface area contributed by atoms with Gasteiger partial charge in [0, 0.05) is 23.1 Å². The zero-order chi connectivity index (χ0) is 22.4. The maximum Gasteiger partial charge on any atom is 0.325 e. The van der Waals surface area contributed by atoms with Gasteiger partial charge in [0.1, 0.15) is 12.1 Å². The van der Waals surface area contributed by atoms with Crippen LogP contribution in [0.3, 0.4) is 0 Å². The number of carbonyl (C=O) groups excluding carboxylic acids is 4. The first-order chi connectivity index (χ1) is 14.9. The molecule has 3 rings (SSSR count). The van der Waals surface area contributed by atoms with Gasteiger partial charge in [-0.2, -0.15) is 0 Å². The number of nitrogens with one attached hydrogen (secondary N) is 3. The lowest BCUT2D eigenvalue weighted by atomic mass is 9.87. The van der Waals surface area contributed by atoms with Crippen LogP contribution >= 0.6 is 15.9 Å². The molecule has 162 valence electrons. The molecule has 1 fully saturated rings. The van der Waals surface area contributed by atoms with E-state index in [1.807, 2.05) is 6.07 Å². The van der Waals surface area contributed by atoms with E-state index in [0.717, 1.165) is 9.37 Å². The van der Waals surface area contributed by atoms with Crippen molar-refractivity contribution in [3.05, 3.63) is 64.6 Å². The van der Waals surface area contributed by atoms with E-state index in [2.05, 4.69) is 31.9 Å². The lowest BCUT2D eigenvalue weighted by molar-refractivity contribution is -0.135. The van der Waals surface area contributed by atoms with Gasteiger partial charge in [-0.15, -0.1) is 0 Å². The molecule has 1 aliphatic heterocycles. The molecule has 9 heteroatoms. The Labute approximate surface area is 188 Å². The molecule has 1 unspecified atom stereocenters. The Morgan fingerprint density at radius 1 is 1.03 bits per heavy atom. The number of amides is 5. The van der Waals surface area contributed by atoms with Gasteiger partial charge in [0.05, 0.1) is 0 Å². The molecule has 1 heterocycles. The lowest BCUT2D eigenvalue weighted by Gasteiger charge is -2.25. The maximum absolute atomic E-state index is 13.0. The lowest BCUT2D eigenvalue weighted by Crippen LogP contribution is -2.45. The molecule has 0 radical (unpaired) electrons. The minimum atomic E-state index is -1.18. The fraction of sp³-hybridized carbons (Fsp3) is 0.273. The van der Waals surface area contributed by atoms with Gasteiger partial charge in [-0.25, -0.2) is 4.79 Å². The molecule has 1 atom stereocenters. The summed E-state index contributed by atoms with van der Waals surface area (Å²) in [4.78, 5) is 50.6. The summed E-state index contributed by atoms with van der Waals surface area (Å²) in [5.74, 6) is -1.24. The van der Waals surface area contributed by atoms with E-state index in [0.29, 0.717) is 17.7 Å². The highest BCUT2D eigenvalue weighted by molar-refractivity contribution is 9.10. The third-order valence-electron chi connectivity index (χ3n) is 5.08. The molecule has 3 N–H and O–H groups in total. The summed E-state index contributed by atoms with van der Waals surface area (Å²) in [6.07, 6.45) is 0.417. The Kier molecular flexibility index (Phi) is 7.06. The first-order valence-corrected chi connectivity index (χ1v) is 10.7. The predicted octanol–water partition coefficient (Wildman–Crippen LogP) is 2.75. The van der Waals surface area contributed by atoms with E-state index in [9.17, 15) is 19.2 Å². The third-order valence-corrected chi connectivity index (χ3v) is 5.61. The smallest absolute Gasteiger partial charge is 0.325 e. The monoisotopic (exact) mass is 486 g/mol. The average Bonchev–Trinajstić information content (AvgIpc) is 3.01. The van der Waals surface area contributed by atoms with Crippen molar-refractivity contribution in [3.8, 4) is 0 Å². The van der Waals surface area contributed by atoms with Gasteiger partial charge >= 0.3 is 6.03 Å². The van der Waals surface area contributed by atoms with Gasteiger partial charge in [-0.05, 0) is 36.2 Å².